The van der Waals surface area contributed by atoms with Gasteiger partial charge in [-0.1, -0.05) is 11.6 Å². The number of hydrogen-bond donors (Lipinski definition) is 2. The summed E-state index contributed by atoms with van der Waals surface area (Å²) < 4.78 is 31.5. The molecule has 20 heavy (non-hydrogen) atoms. The molecule has 0 saturated heterocycles. The minimum atomic E-state index is -4.24. The maximum absolute atomic E-state index is 11.6. The molecule has 0 aliphatic carbocycles. The molecule has 1 rings (SSSR count). The maximum Gasteiger partial charge on any atom is 0.412 e. The van der Waals surface area contributed by atoms with Crippen molar-refractivity contribution in [1.82, 2.24) is 0 Å². The largest absolute Gasteiger partial charge is 0.444 e. The van der Waals surface area contributed by atoms with Crippen molar-refractivity contribution in [2.24, 2.45) is 5.14 Å². The Morgan fingerprint density at radius 3 is 2.45 bits per heavy atom. The second-order valence-corrected chi connectivity index (χ2v) is 6.43. The van der Waals surface area contributed by atoms with Gasteiger partial charge in [0.25, 0.3) is 0 Å². The summed E-state index contributed by atoms with van der Waals surface area (Å²) in [6.07, 6.45) is -0.765. The first kappa shape index (κ1) is 16.5. The standard InChI is InChI=1S/C11H15ClN2O5S/c1-11(2,3)18-10(15)14-8-5-4-7(12)6-9(8)19-20(13,16)17/h4-6H,1-3H3,(H,14,15)(H2,13,16,17). The fraction of sp³-hybridized carbons (Fsp3) is 0.364. The van der Waals surface area contributed by atoms with Crippen LogP contribution in [0.15, 0.2) is 18.2 Å². The molecule has 0 atom stereocenters. The van der Waals surface area contributed by atoms with Gasteiger partial charge in [0.05, 0.1) is 5.69 Å². The van der Waals surface area contributed by atoms with Gasteiger partial charge in [0.1, 0.15) is 5.60 Å². The molecule has 0 aliphatic heterocycles. The lowest BCUT2D eigenvalue weighted by Gasteiger charge is -2.20. The minimum absolute atomic E-state index is 0.0673. The van der Waals surface area contributed by atoms with Gasteiger partial charge in [0.15, 0.2) is 5.75 Å². The van der Waals surface area contributed by atoms with Gasteiger partial charge >= 0.3 is 16.4 Å². The van der Waals surface area contributed by atoms with E-state index in [1.54, 1.807) is 20.8 Å². The first-order valence-corrected chi connectivity index (χ1v) is 7.33. The minimum Gasteiger partial charge on any atom is -0.444 e. The maximum atomic E-state index is 11.6. The van der Waals surface area contributed by atoms with Crippen LogP contribution in [-0.2, 0) is 15.0 Å². The number of benzene rings is 1. The normalized spacial score (nSPS) is 11.8. The van der Waals surface area contributed by atoms with E-state index in [2.05, 4.69) is 9.50 Å². The van der Waals surface area contributed by atoms with Crippen molar-refractivity contribution < 1.29 is 22.1 Å². The van der Waals surface area contributed by atoms with Crippen molar-refractivity contribution in [2.75, 3.05) is 5.32 Å². The molecule has 0 heterocycles. The molecule has 9 heteroatoms. The van der Waals surface area contributed by atoms with Crippen LogP contribution in [0.5, 0.6) is 5.75 Å². The Morgan fingerprint density at radius 1 is 1.35 bits per heavy atom. The third kappa shape index (κ3) is 6.09. The molecule has 1 aromatic carbocycles. The van der Waals surface area contributed by atoms with Crippen molar-refractivity contribution in [3.8, 4) is 5.75 Å². The van der Waals surface area contributed by atoms with Gasteiger partial charge in [-0.2, -0.15) is 13.6 Å². The summed E-state index contributed by atoms with van der Waals surface area (Å²) in [5.74, 6) is -0.203. The van der Waals surface area contributed by atoms with Gasteiger partial charge in [0, 0.05) is 11.1 Å². The number of nitrogens with one attached hydrogen (secondary N) is 1. The third-order valence-electron chi connectivity index (χ3n) is 1.79. The zero-order valence-corrected chi connectivity index (χ0v) is 12.7. The third-order valence-corrected chi connectivity index (χ3v) is 2.43. The van der Waals surface area contributed by atoms with Crippen LogP contribution in [0.1, 0.15) is 20.8 Å². The molecule has 7 nitrogen and oxygen atoms in total. The van der Waals surface area contributed by atoms with E-state index in [9.17, 15) is 13.2 Å². The number of anilines is 1. The van der Waals surface area contributed by atoms with Gasteiger partial charge in [-0.15, -0.1) is 0 Å². The highest BCUT2D eigenvalue weighted by Gasteiger charge is 2.19. The van der Waals surface area contributed by atoms with Crippen LogP contribution < -0.4 is 14.6 Å². The number of amides is 1. The molecule has 3 N–H and O–H groups in total. The van der Waals surface area contributed by atoms with Crippen LogP contribution in [0.3, 0.4) is 0 Å². The molecule has 1 aromatic rings. The number of halogens is 1. The lowest BCUT2D eigenvalue weighted by Crippen LogP contribution is -2.27. The van der Waals surface area contributed by atoms with E-state index < -0.39 is 22.0 Å². The van der Waals surface area contributed by atoms with Crippen LogP contribution in [-0.4, -0.2) is 20.1 Å². The van der Waals surface area contributed by atoms with Crippen molar-refractivity contribution in [3.63, 3.8) is 0 Å². The molecule has 0 bridgehead atoms. The van der Waals surface area contributed by atoms with Crippen molar-refractivity contribution >= 4 is 33.7 Å². The summed E-state index contributed by atoms with van der Waals surface area (Å²) in [5, 5.41) is 7.35. The van der Waals surface area contributed by atoms with Crippen molar-refractivity contribution in [2.45, 2.75) is 26.4 Å². The SMILES string of the molecule is CC(C)(C)OC(=O)Nc1ccc(Cl)cc1OS(N)(=O)=O. The Balaban J connectivity index is 2.98. The molecular weight excluding hydrogens is 308 g/mol. The predicted octanol–water partition coefficient (Wildman–Crippen LogP) is 2.27. The topological polar surface area (TPSA) is 108 Å². The average molecular weight is 323 g/mol. The molecular formula is C11H15ClN2O5S. The van der Waals surface area contributed by atoms with Gasteiger partial charge in [-0.3, -0.25) is 5.32 Å². The molecule has 0 unspecified atom stereocenters. The van der Waals surface area contributed by atoms with E-state index in [0.29, 0.717) is 0 Å². The number of carbonyl (C=O) groups is 1. The van der Waals surface area contributed by atoms with E-state index in [-0.39, 0.29) is 16.5 Å². The first-order chi connectivity index (χ1) is 8.96. The number of carbonyl (C=O) groups excluding carboxylic acids is 1. The monoisotopic (exact) mass is 322 g/mol. The Bertz CT molecular complexity index is 610. The van der Waals surface area contributed by atoms with Gasteiger partial charge in [-0.25, -0.2) is 4.79 Å². The van der Waals surface area contributed by atoms with Crippen LogP contribution in [0.25, 0.3) is 0 Å². The summed E-state index contributed by atoms with van der Waals surface area (Å²) in [6.45, 7) is 5.07. The summed E-state index contributed by atoms with van der Waals surface area (Å²) >= 11 is 5.73. The average Bonchev–Trinajstić information content (AvgIpc) is 2.17. The zero-order valence-electron chi connectivity index (χ0n) is 11.1. The highest BCUT2D eigenvalue weighted by atomic mass is 35.5. The van der Waals surface area contributed by atoms with Crippen LogP contribution in [0.2, 0.25) is 5.02 Å². The number of hydrogen-bond acceptors (Lipinski definition) is 5. The predicted molar refractivity (Wildman–Crippen MR) is 75.0 cm³/mol. The molecule has 0 radical (unpaired) electrons. The van der Waals surface area contributed by atoms with E-state index in [4.69, 9.17) is 21.5 Å². The molecule has 0 saturated carbocycles. The second-order valence-electron chi connectivity index (χ2n) is 4.84. The number of rotatable bonds is 3. The Hall–Kier alpha value is -1.51. The van der Waals surface area contributed by atoms with Crippen molar-refractivity contribution in [1.29, 1.82) is 0 Å². The summed E-state index contributed by atoms with van der Waals surface area (Å²) in [6, 6.07) is 4.02. The van der Waals surface area contributed by atoms with E-state index in [1.165, 1.54) is 18.2 Å². The molecule has 0 spiro atoms. The summed E-state index contributed by atoms with van der Waals surface area (Å²) in [4.78, 5) is 11.6. The van der Waals surface area contributed by atoms with Crippen LogP contribution >= 0.6 is 11.6 Å². The fourth-order valence-electron chi connectivity index (χ4n) is 1.21. The quantitative estimate of drug-likeness (QED) is 0.887. The van der Waals surface area contributed by atoms with Gasteiger partial charge < -0.3 is 8.92 Å². The fourth-order valence-corrected chi connectivity index (χ4v) is 1.76. The molecule has 0 aliphatic rings. The first-order valence-electron chi connectivity index (χ1n) is 5.48. The van der Waals surface area contributed by atoms with Gasteiger partial charge in [0.2, 0.25) is 0 Å². The highest BCUT2D eigenvalue weighted by Crippen LogP contribution is 2.29. The second kappa shape index (κ2) is 5.86. The summed E-state index contributed by atoms with van der Waals surface area (Å²) in [5.41, 5.74) is -0.630. The molecule has 112 valence electrons. The smallest absolute Gasteiger partial charge is 0.412 e. The lowest BCUT2D eigenvalue weighted by atomic mass is 10.2. The Kier molecular flexibility index (Phi) is 4.85. The molecule has 0 fully saturated rings. The Labute approximate surface area is 122 Å². The van der Waals surface area contributed by atoms with Gasteiger partial charge in [-0.05, 0) is 32.9 Å². The zero-order chi connectivity index (χ0) is 15.6. The van der Waals surface area contributed by atoms with E-state index in [0.717, 1.165) is 0 Å². The molecule has 1 amide bonds. The number of nitrogens with two attached hydrogens (primary N) is 1. The Morgan fingerprint density at radius 2 is 1.95 bits per heavy atom. The van der Waals surface area contributed by atoms with E-state index in [1.807, 2.05) is 0 Å². The highest BCUT2D eigenvalue weighted by molar-refractivity contribution is 7.84. The number of ether oxygens (including phenoxy) is 1. The summed E-state index contributed by atoms with van der Waals surface area (Å²) in [7, 11) is -4.24. The van der Waals surface area contributed by atoms with Crippen LogP contribution in [0, 0.1) is 0 Å². The van der Waals surface area contributed by atoms with E-state index >= 15 is 0 Å². The van der Waals surface area contributed by atoms with Crippen LogP contribution in [0.4, 0.5) is 10.5 Å². The molecule has 0 aromatic heterocycles. The van der Waals surface area contributed by atoms with Crippen molar-refractivity contribution in [3.05, 3.63) is 23.2 Å². The lowest BCUT2D eigenvalue weighted by molar-refractivity contribution is 0.0635.